The van der Waals surface area contributed by atoms with Gasteiger partial charge in [-0.1, -0.05) is 54.1 Å². The van der Waals surface area contributed by atoms with Crippen LogP contribution in [0.1, 0.15) is 41.6 Å². The van der Waals surface area contributed by atoms with Gasteiger partial charge in [-0.05, 0) is 49.8 Å². The summed E-state index contributed by atoms with van der Waals surface area (Å²) in [6.07, 6.45) is 3.61. The van der Waals surface area contributed by atoms with Gasteiger partial charge in [-0.25, -0.2) is 0 Å². The van der Waals surface area contributed by atoms with Crippen LogP contribution in [0, 0.1) is 6.92 Å². The lowest BCUT2D eigenvalue weighted by Crippen LogP contribution is -2.36. The molecule has 0 heterocycles. The van der Waals surface area contributed by atoms with Crippen LogP contribution in [0.5, 0.6) is 0 Å². The van der Waals surface area contributed by atoms with Crippen LogP contribution in [0.2, 0.25) is 0 Å². The molecular weight excluding hydrogens is 242 g/mol. The van der Waals surface area contributed by atoms with Gasteiger partial charge in [-0.2, -0.15) is 0 Å². The lowest BCUT2D eigenvalue weighted by molar-refractivity contribution is 0.414. The molecular formula is C19H23N. The molecule has 2 aromatic carbocycles. The Kier molecular flexibility index (Phi) is 3.88. The van der Waals surface area contributed by atoms with E-state index in [1.165, 1.54) is 35.1 Å². The van der Waals surface area contributed by atoms with E-state index in [2.05, 4.69) is 67.7 Å². The van der Waals surface area contributed by atoms with Gasteiger partial charge in [0, 0.05) is 12.1 Å². The van der Waals surface area contributed by atoms with Crippen LogP contribution in [0.4, 0.5) is 0 Å². The Hall–Kier alpha value is -1.60. The smallest absolute Gasteiger partial charge is 0.0294 e. The fourth-order valence-electron chi connectivity index (χ4n) is 3.14. The fraction of sp³-hybridized carbons (Fsp3) is 0.368. The predicted molar refractivity (Wildman–Crippen MR) is 85.0 cm³/mol. The van der Waals surface area contributed by atoms with E-state index in [4.69, 9.17) is 0 Å². The van der Waals surface area contributed by atoms with Gasteiger partial charge in [0.15, 0.2) is 0 Å². The average Bonchev–Trinajstić information content (AvgIpc) is 2.48. The zero-order valence-electron chi connectivity index (χ0n) is 12.4. The minimum Gasteiger partial charge on any atom is -0.307 e. The predicted octanol–water partition coefficient (Wildman–Crippen LogP) is 4.20. The van der Waals surface area contributed by atoms with Gasteiger partial charge < -0.3 is 5.32 Å². The minimum atomic E-state index is 0.422. The van der Waals surface area contributed by atoms with Crippen molar-refractivity contribution in [3.8, 4) is 0 Å². The van der Waals surface area contributed by atoms with Gasteiger partial charge in [0.1, 0.15) is 0 Å². The number of benzene rings is 2. The van der Waals surface area contributed by atoms with Crippen molar-refractivity contribution in [3.05, 3.63) is 70.8 Å². The van der Waals surface area contributed by atoms with E-state index in [1.54, 1.807) is 0 Å². The highest BCUT2D eigenvalue weighted by Crippen LogP contribution is 2.23. The Balaban J connectivity index is 1.66. The molecule has 0 saturated heterocycles. The summed E-state index contributed by atoms with van der Waals surface area (Å²) >= 11 is 0. The molecule has 2 aromatic rings. The molecule has 1 aliphatic carbocycles. The van der Waals surface area contributed by atoms with E-state index in [0.717, 1.165) is 6.42 Å². The van der Waals surface area contributed by atoms with Crippen molar-refractivity contribution in [1.29, 1.82) is 0 Å². The lowest BCUT2D eigenvalue weighted by atomic mass is 9.88. The Morgan fingerprint density at radius 1 is 1.00 bits per heavy atom. The van der Waals surface area contributed by atoms with Crippen LogP contribution in [-0.2, 0) is 12.8 Å². The van der Waals surface area contributed by atoms with Crippen LogP contribution < -0.4 is 5.32 Å². The molecule has 1 unspecified atom stereocenters. The standard InChI is InChI=1S/C19H23N/c1-14-7-9-16(10-8-14)15(2)20-19-12-11-17-5-3-4-6-18(17)13-19/h3-10,15,19-20H,11-13H2,1-2H3/t15-,19?/m1/s1. The first kappa shape index (κ1) is 13.4. The highest BCUT2D eigenvalue weighted by Gasteiger charge is 2.19. The maximum Gasteiger partial charge on any atom is 0.0294 e. The van der Waals surface area contributed by atoms with Gasteiger partial charge in [0.25, 0.3) is 0 Å². The Labute approximate surface area is 122 Å². The van der Waals surface area contributed by atoms with Gasteiger partial charge >= 0.3 is 0 Å². The number of aryl methyl sites for hydroxylation is 2. The third-order valence-corrected chi connectivity index (χ3v) is 4.41. The molecule has 0 radical (unpaired) electrons. The summed E-state index contributed by atoms with van der Waals surface area (Å²) in [6, 6.07) is 18.8. The molecule has 20 heavy (non-hydrogen) atoms. The van der Waals surface area contributed by atoms with Gasteiger partial charge in [0.05, 0.1) is 0 Å². The first-order valence-corrected chi connectivity index (χ1v) is 7.62. The molecule has 0 fully saturated rings. The zero-order valence-corrected chi connectivity index (χ0v) is 12.4. The molecule has 2 atom stereocenters. The van der Waals surface area contributed by atoms with Crippen LogP contribution in [0.25, 0.3) is 0 Å². The first-order chi connectivity index (χ1) is 9.72. The van der Waals surface area contributed by atoms with E-state index in [1.807, 2.05) is 0 Å². The van der Waals surface area contributed by atoms with Gasteiger partial charge in [-0.3, -0.25) is 0 Å². The molecule has 0 amide bonds. The maximum atomic E-state index is 3.80. The summed E-state index contributed by atoms with van der Waals surface area (Å²) in [7, 11) is 0. The number of rotatable bonds is 3. The normalized spacial score (nSPS) is 19.4. The number of hydrogen-bond acceptors (Lipinski definition) is 1. The molecule has 104 valence electrons. The summed E-state index contributed by atoms with van der Waals surface area (Å²) in [4.78, 5) is 0. The number of nitrogens with one attached hydrogen (secondary N) is 1. The van der Waals surface area contributed by atoms with Crippen LogP contribution in [0.15, 0.2) is 48.5 Å². The average molecular weight is 265 g/mol. The number of hydrogen-bond donors (Lipinski definition) is 1. The Bertz CT molecular complexity index is 571. The summed E-state index contributed by atoms with van der Waals surface area (Å²) in [5.41, 5.74) is 5.77. The molecule has 1 heteroatoms. The fourth-order valence-corrected chi connectivity index (χ4v) is 3.14. The third kappa shape index (κ3) is 2.94. The quantitative estimate of drug-likeness (QED) is 0.877. The van der Waals surface area contributed by atoms with E-state index in [0.29, 0.717) is 12.1 Å². The van der Waals surface area contributed by atoms with E-state index >= 15 is 0 Å². The van der Waals surface area contributed by atoms with Gasteiger partial charge in [-0.15, -0.1) is 0 Å². The molecule has 3 rings (SSSR count). The van der Waals surface area contributed by atoms with E-state index < -0.39 is 0 Å². The molecule has 1 nitrogen and oxygen atoms in total. The minimum absolute atomic E-state index is 0.422. The topological polar surface area (TPSA) is 12.0 Å². The van der Waals surface area contributed by atoms with E-state index in [-0.39, 0.29) is 0 Å². The molecule has 0 bridgehead atoms. The summed E-state index contributed by atoms with van der Waals surface area (Å²) < 4.78 is 0. The lowest BCUT2D eigenvalue weighted by Gasteiger charge is -2.28. The van der Waals surface area contributed by atoms with Crippen LogP contribution >= 0.6 is 0 Å². The first-order valence-electron chi connectivity index (χ1n) is 7.62. The monoisotopic (exact) mass is 265 g/mol. The van der Waals surface area contributed by atoms with Crippen molar-refractivity contribution in [2.75, 3.05) is 0 Å². The molecule has 1 aliphatic rings. The molecule has 0 spiro atoms. The molecule has 0 aliphatic heterocycles. The van der Waals surface area contributed by atoms with E-state index in [9.17, 15) is 0 Å². The zero-order chi connectivity index (χ0) is 13.9. The van der Waals surface area contributed by atoms with Crippen LogP contribution in [0.3, 0.4) is 0 Å². The second kappa shape index (κ2) is 5.80. The largest absolute Gasteiger partial charge is 0.307 e. The summed E-state index contributed by atoms with van der Waals surface area (Å²) in [6.45, 7) is 4.41. The van der Waals surface area contributed by atoms with Crippen molar-refractivity contribution in [2.45, 2.75) is 45.2 Å². The maximum absolute atomic E-state index is 3.80. The second-order valence-electron chi connectivity index (χ2n) is 6.01. The van der Waals surface area contributed by atoms with Crippen molar-refractivity contribution in [1.82, 2.24) is 5.32 Å². The molecule has 1 N–H and O–H groups in total. The molecule has 0 aromatic heterocycles. The summed E-state index contributed by atoms with van der Waals surface area (Å²) in [5.74, 6) is 0. The van der Waals surface area contributed by atoms with Crippen molar-refractivity contribution >= 4 is 0 Å². The SMILES string of the molecule is Cc1ccc([C@@H](C)NC2CCc3ccccc3C2)cc1. The number of fused-ring (bicyclic) bond motifs is 1. The van der Waals surface area contributed by atoms with Crippen molar-refractivity contribution in [3.63, 3.8) is 0 Å². The van der Waals surface area contributed by atoms with Crippen molar-refractivity contribution in [2.24, 2.45) is 0 Å². The highest BCUT2D eigenvalue weighted by molar-refractivity contribution is 5.30. The van der Waals surface area contributed by atoms with Crippen LogP contribution in [-0.4, -0.2) is 6.04 Å². The summed E-state index contributed by atoms with van der Waals surface area (Å²) in [5, 5.41) is 3.80. The molecule has 0 saturated carbocycles. The Morgan fingerprint density at radius 2 is 1.70 bits per heavy atom. The highest BCUT2D eigenvalue weighted by atomic mass is 14.9. The third-order valence-electron chi connectivity index (χ3n) is 4.41. The van der Waals surface area contributed by atoms with Gasteiger partial charge in [0.2, 0.25) is 0 Å². The van der Waals surface area contributed by atoms with Crippen molar-refractivity contribution < 1.29 is 0 Å². The second-order valence-corrected chi connectivity index (χ2v) is 6.01. The Morgan fingerprint density at radius 3 is 2.45 bits per heavy atom.